The molecule has 0 aliphatic heterocycles. The van der Waals surface area contributed by atoms with Crippen molar-refractivity contribution in [2.45, 2.75) is 44.9 Å². The van der Waals surface area contributed by atoms with Gasteiger partial charge in [0.1, 0.15) is 0 Å². The molecule has 96 heavy (non-hydrogen) atoms. The fourth-order valence-electron chi connectivity index (χ4n) is 16.6. The summed E-state index contributed by atoms with van der Waals surface area (Å²) in [5.74, 6) is -0.0158. The van der Waals surface area contributed by atoms with Gasteiger partial charge < -0.3 is 13.7 Å². The minimum Gasteiger partial charge on any atom is -0.307 e. The Labute approximate surface area is 558 Å². The standard InChI is InChI=1S/C92H67N3O/c1-91(2)58-92(3,4)86-85(91)84(90(96)65-38-24-11-25-39-65)87(93-78-46-40-66(59-26-12-5-13-27-59)52-72(78)73-53-67(41-47-79(73)93)60-28-14-6-15-29-60)89(95-82-50-44-70(63-34-20-9-21-35-63)56-76(82)77-57-71(45-51-83(77)95)64-36-22-10-23-37-64)88(86)94-80-48-42-68(61-30-16-7-17-31-61)54-74(80)75-55-69(43-49-81(75)94)62-32-18-8-19-33-62/h5-57H,58H2,1-4H3. The fourth-order valence-corrected chi connectivity index (χ4v) is 16.6. The molecule has 456 valence electrons. The van der Waals surface area contributed by atoms with Crippen molar-refractivity contribution in [2.75, 3.05) is 0 Å². The van der Waals surface area contributed by atoms with Gasteiger partial charge in [-0.2, -0.15) is 0 Å². The molecule has 0 bridgehead atoms. The number of fused-ring (bicyclic) bond motifs is 10. The average molecular weight is 1230 g/mol. The van der Waals surface area contributed by atoms with Crippen LogP contribution in [0.1, 0.15) is 61.2 Å². The minimum atomic E-state index is -0.518. The van der Waals surface area contributed by atoms with Crippen LogP contribution < -0.4 is 0 Å². The lowest BCUT2D eigenvalue weighted by Crippen LogP contribution is -2.24. The van der Waals surface area contributed by atoms with Gasteiger partial charge in [0.15, 0.2) is 5.78 Å². The molecule has 0 spiro atoms. The summed E-state index contributed by atoms with van der Waals surface area (Å²) in [6, 6.07) is 117. The summed E-state index contributed by atoms with van der Waals surface area (Å²) in [5.41, 5.74) is 25.2. The van der Waals surface area contributed by atoms with Crippen molar-refractivity contribution in [3.8, 4) is 83.8 Å². The third-order valence-electron chi connectivity index (χ3n) is 20.5. The molecule has 4 heteroatoms. The first-order valence-corrected chi connectivity index (χ1v) is 33.5. The molecule has 0 unspecified atom stereocenters. The Balaban J connectivity index is 1.10. The van der Waals surface area contributed by atoms with Crippen molar-refractivity contribution in [3.05, 3.63) is 344 Å². The molecule has 0 amide bonds. The van der Waals surface area contributed by atoms with Gasteiger partial charge in [0, 0.05) is 37.9 Å². The Kier molecular flexibility index (Phi) is 13.1. The molecule has 0 atom stereocenters. The van der Waals surface area contributed by atoms with E-state index in [0.717, 1.165) is 161 Å². The number of ketones is 1. The number of hydrogen-bond acceptors (Lipinski definition) is 1. The summed E-state index contributed by atoms with van der Waals surface area (Å²) in [6.45, 7) is 9.64. The molecule has 0 saturated carbocycles. The molecular weight excluding hydrogens is 1160 g/mol. The Morgan fingerprint density at radius 3 is 0.750 bits per heavy atom. The highest BCUT2D eigenvalue weighted by Crippen LogP contribution is 2.59. The molecule has 4 nitrogen and oxygen atoms in total. The highest BCUT2D eigenvalue weighted by molar-refractivity contribution is 6.20. The van der Waals surface area contributed by atoms with Crippen LogP contribution in [0.3, 0.4) is 0 Å². The van der Waals surface area contributed by atoms with Crippen LogP contribution in [0.2, 0.25) is 0 Å². The first kappa shape index (κ1) is 56.9. The van der Waals surface area contributed by atoms with E-state index in [0.29, 0.717) is 11.1 Å². The lowest BCUT2D eigenvalue weighted by atomic mass is 9.79. The SMILES string of the molecule is CC1(C)CC(C)(C)c2c(-n3c4ccc(-c5ccccc5)cc4c4cc(-c5ccccc5)ccc43)c(-n3c4ccc(-c5ccccc5)cc4c4cc(-c5ccccc5)ccc43)c(-n3c4ccc(-c5ccccc5)cc4c4cc(-c5ccccc5)ccc43)c(C(=O)c3ccccc3)c21. The molecular formula is C92H67N3O. The Morgan fingerprint density at radius 2 is 0.479 bits per heavy atom. The van der Waals surface area contributed by atoms with Crippen LogP contribution in [-0.4, -0.2) is 19.5 Å². The van der Waals surface area contributed by atoms with Gasteiger partial charge in [-0.1, -0.05) is 276 Å². The first-order chi connectivity index (χ1) is 47.0. The predicted octanol–water partition coefficient (Wildman–Crippen LogP) is 24.2. The molecule has 0 fully saturated rings. The number of aromatic nitrogens is 3. The number of rotatable bonds is 11. The smallest absolute Gasteiger partial charge is 0.195 e. The topological polar surface area (TPSA) is 31.9 Å². The van der Waals surface area contributed by atoms with E-state index >= 15 is 4.79 Å². The highest BCUT2D eigenvalue weighted by Gasteiger charge is 2.50. The van der Waals surface area contributed by atoms with Crippen molar-refractivity contribution in [3.63, 3.8) is 0 Å². The normalized spacial score (nSPS) is 13.4. The molecule has 1 aliphatic carbocycles. The summed E-state index contributed by atoms with van der Waals surface area (Å²) in [7, 11) is 0. The molecule has 0 saturated heterocycles. The van der Waals surface area contributed by atoms with E-state index in [9.17, 15) is 0 Å². The molecule has 18 rings (SSSR count). The number of hydrogen-bond donors (Lipinski definition) is 0. The molecule has 14 aromatic carbocycles. The third kappa shape index (κ3) is 9.08. The van der Waals surface area contributed by atoms with E-state index in [-0.39, 0.29) is 5.78 Å². The molecule has 0 radical (unpaired) electrons. The van der Waals surface area contributed by atoms with Crippen LogP contribution >= 0.6 is 0 Å². The Morgan fingerprint density at radius 1 is 0.250 bits per heavy atom. The van der Waals surface area contributed by atoms with E-state index in [4.69, 9.17) is 0 Å². The van der Waals surface area contributed by atoms with Gasteiger partial charge in [0.2, 0.25) is 0 Å². The number of nitrogens with zero attached hydrogens (tertiary/aromatic N) is 3. The zero-order valence-corrected chi connectivity index (χ0v) is 54.1. The Bertz CT molecular complexity index is 5650. The summed E-state index contributed by atoms with van der Waals surface area (Å²) >= 11 is 0. The second-order valence-corrected chi connectivity index (χ2v) is 27.4. The summed E-state index contributed by atoms with van der Waals surface area (Å²) in [4.78, 5) is 17.4. The van der Waals surface area contributed by atoms with Crippen molar-refractivity contribution in [2.24, 2.45) is 0 Å². The van der Waals surface area contributed by atoms with E-state index < -0.39 is 10.8 Å². The quantitative estimate of drug-likeness (QED) is 0.119. The van der Waals surface area contributed by atoms with Crippen LogP contribution in [0.4, 0.5) is 0 Å². The van der Waals surface area contributed by atoms with E-state index in [1.165, 1.54) is 5.56 Å². The van der Waals surface area contributed by atoms with Gasteiger partial charge in [0.05, 0.1) is 55.7 Å². The predicted molar refractivity (Wildman–Crippen MR) is 403 cm³/mol. The largest absolute Gasteiger partial charge is 0.307 e. The van der Waals surface area contributed by atoms with Gasteiger partial charge >= 0.3 is 0 Å². The van der Waals surface area contributed by atoms with Crippen molar-refractivity contribution in [1.29, 1.82) is 0 Å². The van der Waals surface area contributed by atoms with Crippen LogP contribution in [0.25, 0.3) is 149 Å². The third-order valence-corrected chi connectivity index (χ3v) is 20.5. The maximum Gasteiger partial charge on any atom is 0.195 e. The van der Waals surface area contributed by atoms with Crippen LogP contribution in [0.5, 0.6) is 0 Å². The molecule has 3 heterocycles. The minimum absolute atomic E-state index is 0.0158. The molecule has 1 aliphatic rings. The first-order valence-electron chi connectivity index (χ1n) is 33.5. The average Bonchev–Trinajstić information content (AvgIpc) is 1.48. The fraction of sp³-hybridized carbons (Fsp3) is 0.0761. The van der Waals surface area contributed by atoms with Crippen LogP contribution in [0, 0.1) is 0 Å². The van der Waals surface area contributed by atoms with E-state index in [1.54, 1.807) is 0 Å². The maximum atomic E-state index is 17.4. The van der Waals surface area contributed by atoms with Crippen molar-refractivity contribution >= 4 is 71.2 Å². The number of benzene rings is 14. The monoisotopic (exact) mass is 1230 g/mol. The van der Waals surface area contributed by atoms with E-state index in [2.05, 4.69) is 333 Å². The highest BCUT2D eigenvalue weighted by atomic mass is 16.1. The lowest BCUT2D eigenvalue weighted by Gasteiger charge is -2.32. The zero-order chi connectivity index (χ0) is 64.4. The summed E-state index contributed by atoms with van der Waals surface area (Å²) < 4.78 is 7.70. The molecule has 17 aromatic rings. The van der Waals surface area contributed by atoms with Gasteiger partial charge in [-0.15, -0.1) is 0 Å². The van der Waals surface area contributed by atoms with Crippen molar-refractivity contribution in [1.82, 2.24) is 13.7 Å². The van der Waals surface area contributed by atoms with Crippen LogP contribution in [-0.2, 0) is 10.8 Å². The van der Waals surface area contributed by atoms with Crippen LogP contribution in [0.15, 0.2) is 322 Å². The van der Waals surface area contributed by atoms with E-state index in [1.807, 2.05) is 30.3 Å². The van der Waals surface area contributed by atoms with Gasteiger partial charge in [-0.05, 0) is 168 Å². The number of carbonyl (C=O) groups excluding carboxylic acids is 1. The second-order valence-electron chi connectivity index (χ2n) is 27.4. The molecule has 0 N–H and O–H groups in total. The second kappa shape index (κ2) is 22.2. The Hall–Kier alpha value is -11.9. The number of carbonyl (C=O) groups is 1. The summed E-state index contributed by atoms with van der Waals surface area (Å²) in [5, 5.41) is 6.70. The molecule has 3 aromatic heterocycles. The lowest BCUT2D eigenvalue weighted by molar-refractivity contribution is 0.103. The summed E-state index contributed by atoms with van der Waals surface area (Å²) in [6.07, 6.45) is 0.788. The van der Waals surface area contributed by atoms with Gasteiger partial charge in [-0.25, -0.2) is 0 Å². The van der Waals surface area contributed by atoms with Gasteiger partial charge in [-0.3, -0.25) is 4.79 Å². The maximum absolute atomic E-state index is 17.4. The zero-order valence-electron chi connectivity index (χ0n) is 54.1. The van der Waals surface area contributed by atoms with Crippen molar-refractivity contribution < 1.29 is 4.79 Å². The van der Waals surface area contributed by atoms with Gasteiger partial charge in [0.25, 0.3) is 0 Å².